The monoisotopic (exact) mass is 716 g/mol. The molecule has 0 bridgehead atoms. The van der Waals surface area contributed by atoms with Crippen molar-refractivity contribution in [3.8, 4) is 11.5 Å². The molecule has 106 valence electrons. The van der Waals surface area contributed by atoms with Gasteiger partial charge in [-0.3, -0.25) is 0 Å². The molecule has 0 heterocycles. The maximum absolute atomic E-state index is 6.13. The highest BCUT2D eigenvalue weighted by atomic mass is 127. The Morgan fingerprint density at radius 3 is 1.80 bits per heavy atom. The minimum Gasteiger partial charge on any atom is -0.455 e. The maximum atomic E-state index is 6.13. The Balaban J connectivity index is 2.40. The van der Waals surface area contributed by atoms with Gasteiger partial charge in [-0.25, -0.2) is 0 Å². The van der Waals surface area contributed by atoms with E-state index in [1.807, 2.05) is 0 Å². The molecule has 0 unspecified atom stereocenters. The summed E-state index contributed by atoms with van der Waals surface area (Å²) in [5, 5.41) is 0. The minimum atomic E-state index is 0.907. The SMILES string of the molecule is CCc1cc(I)c(Oc2cc(I)c(C)c(I)c2)c(I)c1. The number of ether oxygens (including phenoxy) is 1. The van der Waals surface area contributed by atoms with Crippen molar-refractivity contribution in [1.82, 2.24) is 0 Å². The second kappa shape index (κ2) is 7.62. The van der Waals surface area contributed by atoms with Crippen LogP contribution in [0.25, 0.3) is 0 Å². The van der Waals surface area contributed by atoms with E-state index in [-0.39, 0.29) is 0 Å². The summed E-state index contributed by atoms with van der Waals surface area (Å²) in [6.45, 7) is 4.31. The molecule has 0 N–H and O–H groups in total. The lowest BCUT2D eigenvalue weighted by molar-refractivity contribution is 0.474. The highest BCUT2D eigenvalue weighted by Crippen LogP contribution is 2.35. The van der Waals surface area contributed by atoms with E-state index in [2.05, 4.69) is 128 Å². The van der Waals surface area contributed by atoms with Crippen molar-refractivity contribution in [1.29, 1.82) is 0 Å². The van der Waals surface area contributed by atoms with Gasteiger partial charge in [0.15, 0.2) is 5.75 Å². The van der Waals surface area contributed by atoms with Crippen molar-refractivity contribution >= 4 is 90.4 Å². The van der Waals surface area contributed by atoms with Gasteiger partial charge in [-0.15, -0.1) is 0 Å². The molecule has 0 amide bonds. The van der Waals surface area contributed by atoms with E-state index in [1.54, 1.807) is 0 Å². The molecule has 0 saturated carbocycles. The van der Waals surface area contributed by atoms with Gasteiger partial charge in [0.05, 0.1) is 7.14 Å². The van der Waals surface area contributed by atoms with E-state index >= 15 is 0 Å². The Morgan fingerprint density at radius 1 is 0.850 bits per heavy atom. The second-order valence-corrected chi connectivity index (χ2v) is 9.00. The fourth-order valence-corrected chi connectivity index (χ4v) is 5.54. The van der Waals surface area contributed by atoms with Gasteiger partial charge < -0.3 is 4.74 Å². The van der Waals surface area contributed by atoms with E-state index in [0.29, 0.717) is 0 Å². The van der Waals surface area contributed by atoms with E-state index in [1.165, 1.54) is 18.3 Å². The average molecular weight is 716 g/mol. The first-order chi connectivity index (χ1) is 9.42. The van der Waals surface area contributed by atoms with Gasteiger partial charge in [-0.05, 0) is 139 Å². The highest BCUT2D eigenvalue weighted by molar-refractivity contribution is 14.1. The molecule has 20 heavy (non-hydrogen) atoms. The zero-order chi connectivity index (χ0) is 14.9. The Morgan fingerprint density at radius 2 is 1.35 bits per heavy atom. The molecule has 2 rings (SSSR count). The molecule has 0 aromatic heterocycles. The molecule has 0 fully saturated rings. The maximum Gasteiger partial charge on any atom is 0.154 e. The standard InChI is InChI=1S/C15H12I4O/c1-3-9-4-13(18)15(14(19)5-9)20-10-6-11(16)8(2)12(17)7-10/h4-7H,3H2,1-2H3. The van der Waals surface area contributed by atoms with E-state index in [0.717, 1.165) is 25.1 Å². The van der Waals surface area contributed by atoms with Crippen molar-refractivity contribution in [3.63, 3.8) is 0 Å². The predicted molar refractivity (Wildman–Crippen MR) is 118 cm³/mol. The molecule has 1 nitrogen and oxygen atoms in total. The van der Waals surface area contributed by atoms with Crippen LogP contribution in [0.15, 0.2) is 24.3 Å². The van der Waals surface area contributed by atoms with Crippen molar-refractivity contribution in [2.45, 2.75) is 20.3 Å². The minimum absolute atomic E-state index is 0.907. The summed E-state index contributed by atoms with van der Waals surface area (Å²) in [7, 11) is 0. The van der Waals surface area contributed by atoms with Crippen LogP contribution < -0.4 is 4.74 Å². The zero-order valence-corrected chi connectivity index (χ0v) is 19.6. The first-order valence-corrected chi connectivity index (χ1v) is 10.3. The molecule has 2 aromatic rings. The first kappa shape index (κ1) is 17.5. The fourth-order valence-electron chi connectivity index (χ4n) is 1.71. The normalized spacial score (nSPS) is 10.7. The Labute approximate surface area is 174 Å². The molecule has 0 atom stereocenters. The second-order valence-electron chi connectivity index (χ2n) is 4.36. The van der Waals surface area contributed by atoms with Gasteiger partial charge in [0, 0.05) is 7.14 Å². The highest BCUT2D eigenvalue weighted by Gasteiger charge is 2.11. The van der Waals surface area contributed by atoms with Crippen molar-refractivity contribution in [2.75, 3.05) is 0 Å². The third-order valence-corrected chi connectivity index (χ3v) is 6.78. The largest absolute Gasteiger partial charge is 0.455 e. The Kier molecular flexibility index (Phi) is 6.67. The average Bonchev–Trinajstić information content (AvgIpc) is 2.39. The van der Waals surface area contributed by atoms with Crippen LogP contribution in [-0.4, -0.2) is 0 Å². The summed E-state index contributed by atoms with van der Waals surface area (Å²) in [5.74, 6) is 1.86. The Hall–Kier alpha value is 1.16. The number of rotatable bonds is 3. The van der Waals surface area contributed by atoms with Crippen LogP contribution in [-0.2, 0) is 6.42 Å². The van der Waals surface area contributed by atoms with Gasteiger partial charge in [-0.1, -0.05) is 6.92 Å². The van der Waals surface area contributed by atoms with Crippen LogP contribution in [0.1, 0.15) is 18.1 Å². The molecule has 0 aliphatic rings. The van der Waals surface area contributed by atoms with Crippen molar-refractivity contribution in [2.24, 2.45) is 0 Å². The zero-order valence-electron chi connectivity index (χ0n) is 10.9. The van der Waals surface area contributed by atoms with Crippen LogP contribution in [0.5, 0.6) is 11.5 Å². The number of halogens is 4. The Bertz CT molecular complexity index is 606. The van der Waals surface area contributed by atoms with Crippen LogP contribution >= 0.6 is 90.4 Å². The molecular formula is C15H12I4O. The summed E-state index contributed by atoms with van der Waals surface area (Å²) >= 11 is 9.42. The smallest absolute Gasteiger partial charge is 0.154 e. The molecule has 0 spiro atoms. The van der Waals surface area contributed by atoms with E-state index < -0.39 is 0 Å². The summed E-state index contributed by atoms with van der Waals surface area (Å²) in [6, 6.07) is 8.58. The number of hydrogen-bond acceptors (Lipinski definition) is 1. The van der Waals surface area contributed by atoms with Gasteiger partial charge in [0.1, 0.15) is 5.75 Å². The van der Waals surface area contributed by atoms with Crippen LogP contribution in [0.3, 0.4) is 0 Å². The molecule has 5 heteroatoms. The summed E-state index contributed by atoms with van der Waals surface area (Å²) < 4.78 is 10.9. The molecule has 0 radical (unpaired) electrons. The van der Waals surface area contributed by atoms with Gasteiger partial charge in [0.2, 0.25) is 0 Å². The van der Waals surface area contributed by atoms with E-state index in [9.17, 15) is 0 Å². The quantitative estimate of drug-likeness (QED) is 0.319. The van der Waals surface area contributed by atoms with Crippen LogP contribution in [0.4, 0.5) is 0 Å². The summed E-state index contributed by atoms with van der Waals surface area (Å²) in [6.07, 6.45) is 1.05. The lowest BCUT2D eigenvalue weighted by Gasteiger charge is -2.13. The predicted octanol–water partition coefficient (Wildman–Crippen LogP) is 6.77. The molecule has 0 aliphatic heterocycles. The third-order valence-electron chi connectivity index (χ3n) is 2.94. The number of aryl methyl sites for hydroxylation is 1. The molecule has 0 saturated heterocycles. The fraction of sp³-hybridized carbons (Fsp3) is 0.200. The van der Waals surface area contributed by atoms with Crippen molar-refractivity contribution < 1.29 is 4.74 Å². The molecule has 2 aromatic carbocycles. The van der Waals surface area contributed by atoms with Gasteiger partial charge in [0.25, 0.3) is 0 Å². The van der Waals surface area contributed by atoms with Crippen molar-refractivity contribution in [3.05, 3.63) is 49.7 Å². The van der Waals surface area contributed by atoms with E-state index in [4.69, 9.17) is 4.74 Å². The number of benzene rings is 2. The van der Waals surface area contributed by atoms with Gasteiger partial charge >= 0.3 is 0 Å². The van der Waals surface area contributed by atoms with Crippen LogP contribution in [0, 0.1) is 21.2 Å². The molecular weight excluding hydrogens is 704 g/mol. The topological polar surface area (TPSA) is 9.23 Å². The lowest BCUT2D eigenvalue weighted by Crippen LogP contribution is -1.95. The summed E-state index contributed by atoms with van der Waals surface area (Å²) in [5.41, 5.74) is 2.66. The summed E-state index contributed by atoms with van der Waals surface area (Å²) in [4.78, 5) is 0. The van der Waals surface area contributed by atoms with Crippen LogP contribution in [0.2, 0.25) is 0 Å². The lowest BCUT2D eigenvalue weighted by atomic mass is 10.2. The molecule has 0 aliphatic carbocycles. The van der Waals surface area contributed by atoms with Gasteiger partial charge in [-0.2, -0.15) is 0 Å². The first-order valence-electron chi connectivity index (χ1n) is 6.03. The number of hydrogen-bond donors (Lipinski definition) is 0. The third kappa shape index (κ3) is 4.12.